The third-order valence-corrected chi connectivity index (χ3v) is 2.54. The molecule has 0 aliphatic heterocycles. The molecule has 1 amide bonds. The number of nitrogens with zero attached hydrogens (tertiary/aromatic N) is 3. The number of aryl methyl sites for hydroxylation is 1. The van der Waals surface area contributed by atoms with Crippen molar-refractivity contribution in [1.29, 1.82) is 0 Å². The molecule has 94 valence electrons. The zero-order chi connectivity index (χ0) is 13.0. The second-order valence-corrected chi connectivity index (χ2v) is 3.86. The molecule has 0 fully saturated rings. The molecule has 0 radical (unpaired) electrons. The van der Waals surface area contributed by atoms with Crippen LogP contribution in [0.15, 0.2) is 0 Å². The molecule has 0 atom stereocenters. The molecule has 1 aromatic heterocycles. The van der Waals surface area contributed by atoms with Gasteiger partial charge in [-0.1, -0.05) is 6.92 Å². The van der Waals surface area contributed by atoms with E-state index in [0.29, 0.717) is 23.9 Å². The molecule has 17 heavy (non-hydrogen) atoms. The molecular weight excluding hydrogens is 218 g/mol. The summed E-state index contributed by atoms with van der Waals surface area (Å²) >= 11 is 0. The lowest BCUT2D eigenvalue weighted by Gasteiger charge is -2.20. The summed E-state index contributed by atoms with van der Waals surface area (Å²) in [4.78, 5) is 21.7. The highest BCUT2D eigenvalue weighted by Crippen LogP contribution is 2.20. The van der Waals surface area contributed by atoms with Crippen molar-refractivity contribution in [3.8, 4) is 0 Å². The van der Waals surface area contributed by atoms with Crippen molar-refractivity contribution >= 4 is 17.5 Å². The summed E-state index contributed by atoms with van der Waals surface area (Å²) in [6.07, 6.45) is 0.714. The van der Waals surface area contributed by atoms with Crippen LogP contribution in [0.5, 0.6) is 0 Å². The Labute approximate surface area is 101 Å². The molecule has 0 aromatic carbocycles. The summed E-state index contributed by atoms with van der Waals surface area (Å²) < 4.78 is 0. The van der Waals surface area contributed by atoms with Crippen LogP contribution in [0.25, 0.3) is 0 Å². The summed E-state index contributed by atoms with van der Waals surface area (Å²) in [5.74, 6) is 1.79. The van der Waals surface area contributed by atoms with E-state index in [9.17, 15) is 4.79 Å². The van der Waals surface area contributed by atoms with Crippen LogP contribution in [0.2, 0.25) is 0 Å². The fourth-order valence-electron chi connectivity index (χ4n) is 1.47. The molecule has 1 aromatic rings. The van der Waals surface area contributed by atoms with E-state index in [-0.39, 0.29) is 12.5 Å². The zero-order valence-electron chi connectivity index (χ0n) is 10.7. The van der Waals surface area contributed by atoms with Crippen LogP contribution in [-0.2, 0) is 11.2 Å². The first-order valence-corrected chi connectivity index (χ1v) is 5.54. The molecule has 0 saturated heterocycles. The number of rotatable bonds is 4. The van der Waals surface area contributed by atoms with Gasteiger partial charge < -0.3 is 16.0 Å². The van der Waals surface area contributed by atoms with Crippen LogP contribution >= 0.6 is 0 Å². The number of amides is 1. The van der Waals surface area contributed by atoms with Crippen LogP contribution < -0.4 is 16.0 Å². The van der Waals surface area contributed by atoms with Gasteiger partial charge in [0.15, 0.2) is 0 Å². The summed E-state index contributed by atoms with van der Waals surface area (Å²) in [6, 6.07) is 0. The number of anilines is 2. The van der Waals surface area contributed by atoms with Gasteiger partial charge in [-0.3, -0.25) is 4.79 Å². The summed E-state index contributed by atoms with van der Waals surface area (Å²) in [5.41, 5.74) is 6.62. The highest BCUT2D eigenvalue weighted by atomic mass is 16.1. The minimum absolute atomic E-state index is 0.0675. The Hall–Kier alpha value is -1.85. The normalized spacial score (nSPS) is 10.1. The average molecular weight is 237 g/mol. The molecule has 0 spiro atoms. The van der Waals surface area contributed by atoms with Gasteiger partial charge in [0.2, 0.25) is 5.91 Å². The Morgan fingerprint density at radius 2 is 2.12 bits per heavy atom. The van der Waals surface area contributed by atoms with Crippen molar-refractivity contribution in [2.45, 2.75) is 20.3 Å². The Kier molecular flexibility index (Phi) is 4.25. The van der Waals surface area contributed by atoms with Gasteiger partial charge in [0.1, 0.15) is 17.5 Å². The number of nitrogens with one attached hydrogen (secondary N) is 1. The lowest BCUT2D eigenvalue weighted by molar-refractivity contribution is -0.119. The van der Waals surface area contributed by atoms with Crippen molar-refractivity contribution in [2.24, 2.45) is 0 Å². The van der Waals surface area contributed by atoms with Crippen LogP contribution in [-0.4, -0.2) is 36.5 Å². The van der Waals surface area contributed by atoms with E-state index in [1.54, 1.807) is 11.9 Å². The maximum absolute atomic E-state index is 11.3. The second-order valence-electron chi connectivity index (χ2n) is 3.86. The Morgan fingerprint density at radius 1 is 1.47 bits per heavy atom. The molecule has 0 unspecified atom stereocenters. The first kappa shape index (κ1) is 13.2. The van der Waals surface area contributed by atoms with Gasteiger partial charge in [-0.2, -0.15) is 0 Å². The largest absolute Gasteiger partial charge is 0.383 e. The summed E-state index contributed by atoms with van der Waals surface area (Å²) in [6.45, 7) is 4.06. The number of aromatic nitrogens is 2. The number of carbonyl (C=O) groups excluding carboxylic acids is 1. The number of carbonyl (C=O) groups is 1. The third kappa shape index (κ3) is 3.05. The first-order valence-electron chi connectivity index (χ1n) is 5.54. The van der Waals surface area contributed by atoms with E-state index in [2.05, 4.69) is 15.3 Å². The van der Waals surface area contributed by atoms with Gasteiger partial charge in [0, 0.05) is 26.1 Å². The second kappa shape index (κ2) is 5.47. The Morgan fingerprint density at radius 3 is 2.65 bits per heavy atom. The molecule has 3 N–H and O–H groups in total. The van der Waals surface area contributed by atoms with Crippen LogP contribution in [0.4, 0.5) is 11.6 Å². The number of nitrogen functional groups attached to an aromatic ring is 1. The number of hydrogen-bond acceptors (Lipinski definition) is 5. The Bertz CT molecular complexity index is 419. The van der Waals surface area contributed by atoms with Crippen molar-refractivity contribution < 1.29 is 4.79 Å². The van der Waals surface area contributed by atoms with E-state index in [1.165, 1.54) is 0 Å². The smallest absolute Gasteiger partial charge is 0.239 e. The SMILES string of the molecule is CCc1nc(N)c(C)c(N(C)CC(=O)NC)n1. The van der Waals surface area contributed by atoms with Gasteiger partial charge in [0.25, 0.3) is 0 Å². The molecular formula is C11H19N5O. The van der Waals surface area contributed by atoms with Crippen LogP contribution in [0.3, 0.4) is 0 Å². The monoisotopic (exact) mass is 237 g/mol. The fraction of sp³-hybridized carbons (Fsp3) is 0.545. The number of hydrogen-bond donors (Lipinski definition) is 2. The van der Waals surface area contributed by atoms with E-state index in [1.807, 2.05) is 20.9 Å². The topological polar surface area (TPSA) is 84.1 Å². The molecule has 0 saturated carbocycles. The zero-order valence-corrected chi connectivity index (χ0v) is 10.7. The minimum atomic E-state index is -0.0675. The van der Waals surface area contributed by atoms with Crippen molar-refractivity contribution in [1.82, 2.24) is 15.3 Å². The Balaban J connectivity index is 3.03. The first-order chi connectivity index (χ1) is 7.99. The molecule has 1 rings (SSSR count). The number of likely N-dealkylation sites (N-methyl/N-ethyl adjacent to an activating group) is 2. The van der Waals surface area contributed by atoms with E-state index < -0.39 is 0 Å². The molecule has 0 aliphatic carbocycles. The highest BCUT2D eigenvalue weighted by molar-refractivity contribution is 5.81. The van der Waals surface area contributed by atoms with Gasteiger partial charge >= 0.3 is 0 Å². The van der Waals surface area contributed by atoms with Gasteiger partial charge in [-0.05, 0) is 6.92 Å². The molecule has 1 heterocycles. The van der Waals surface area contributed by atoms with Crippen LogP contribution in [0.1, 0.15) is 18.3 Å². The average Bonchev–Trinajstić information content (AvgIpc) is 2.31. The molecule has 0 bridgehead atoms. The van der Waals surface area contributed by atoms with Crippen molar-refractivity contribution in [3.63, 3.8) is 0 Å². The highest BCUT2D eigenvalue weighted by Gasteiger charge is 2.13. The predicted molar refractivity (Wildman–Crippen MR) is 67.9 cm³/mol. The molecule has 6 nitrogen and oxygen atoms in total. The van der Waals surface area contributed by atoms with Crippen molar-refractivity contribution in [3.05, 3.63) is 11.4 Å². The van der Waals surface area contributed by atoms with Gasteiger partial charge in [0.05, 0.1) is 6.54 Å². The third-order valence-electron chi connectivity index (χ3n) is 2.54. The maximum atomic E-state index is 11.3. The molecule has 6 heteroatoms. The molecule has 0 aliphatic rings. The lowest BCUT2D eigenvalue weighted by atomic mass is 10.2. The summed E-state index contributed by atoms with van der Waals surface area (Å²) in [5, 5.41) is 2.57. The van der Waals surface area contributed by atoms with Crippen molar-refractivity contribution in [2.75, 3.05) is 31.3 Å². The number of nitrogens with two attached hydrogens (primary N) is 1. The van der Waals surface area contributed by atoms with E-state index in [0.717, 1.165) is 5.56 Å². The van der Waals surface area contributed by atoms with Gasteiger partial charge in [-0.25, -0.2) is 9.97 Å². The maximum Gasteiger partial charge on any atom is 0.239 e. The predicted octanol–water partition coefficient (Wildman–Crippen LogP) is 0.112. The van der Waals surface area contributed by atoms with E-state index in [4.69, 9.17) is 5.73 Å². The van der Waals surface area contributed by atoms with Gasteiger partial charge in [-0.15, -0.1) is 0 Å². The fourth-order valence-corrected chi connectivity index (χ4v) is 1.47. The minimum Gasteiger partial charge on any atom is -0.383 e. The van der Waals surface area contributed by atoms with E-state index >= 15 is 0 Å². The summed E-state index contributed by atoms with van der Waals surface area (Å²) in [7, 11) is 3.41. The van der Waals surface area contributed by atoms with Crippen LogP contribution in [0, 0.1) is 6.92 Å². The quantitative estimate of drug-likeness (QED) is 0.776. The lowest BCUT2D eigenvalue weighted by Crippen LogP contribution is -2.34. The standard InChI is InChI=1S/C11H19N5O/c1-5-8-14-10(12)7(2)11(15-8)16(4)6-9(17)13-3/h5-6H2,1-4H3,(H,13,17)(H2,12,14,15).